The minimum Gasteiger partial charge on any atom is -0.489 e. The number of ether oxygens (including phenoxy) is 1. The largest absolute Gasteiger partial charge is 0.489 e. The molecule has 0 spiro atoms. The van der Waals surface area contributed by atoms with Gasteiger partial charge in [-0.05, 0) is 72.1 Å². The van der Waals surface area contributed by atoms with Crippen LogP contribution in [0.4, 0.5) is 10.1 Å². The molecule has 3 aromatic carbocycles. The molecule has 3 aromatic rings. The number of benzene rings is 3. The Morgan fingerprint density at radius 1 is 0.970 bits per heavy atom. The van der Waals surface area contributed by atoms with Crippen molar-refractivity contribution < 1.29 is 18.7 Å². The van der Waals surface area contributed by atoms with Gasteiger partial charge in [-0.2, -0.15) is 5.10 Å². The summed E-state index contributed by atoms with van der Waals surface area (Å²) in [4.78, 5) is 23.9. The first-order chi connectivity index (χ1) is 16.0. The summed E-state index contributed by atoms with van der Waals surface area (Å²) in [5, 5.41) is 6.73. The van der Waals surface area contributed by atoms with E-state index in [4.69, 9.17) is 4.74 Å². The van der Waals surface area contributed by atoms with Crippen LogP contribution in [-0.2, 0) is 16.2 Å². The van der Waals surface area contributed by atoms with Crippen molar-refractivity contribution in [2.75, 3.05) is 5.32 Å². The van der Waals surface area contributed by atoms with E-state index in [2.05, 4.69) is 31.8 Å². The third-order valence-corrected chi connectivity index (χ3v) is 5.01. The monoisotopic (exact) mass is 511 g/mol. The maximum atomic E-state index is 12.9. The number of carbonyl (C=O) groups is 2. The molecule has 8 heteroatoms. The number of carbonyl (C=O) groups excluding carboxylic acids is 2. The first-order valence-corrected chi connectivity index (χ1v) is 11.1. The summed E-state index contributed by atoms with van der Waals surface area (Å²) in [6, 6.07) is 20.6. The van der Waals surface area contributed by atoms with Crippen LogP contribution in [0.2, 0.25) is 0 Å². The lowest BCUT2D eigenvalue weighted by Gasteiger charge is -2.06. The maximum Gasteiger partial charge on any atom is 0.240 e. The van der Waals surface area contributed by atoms with Crippen LogP contribution in [-0.4, -0.2) is 18.0 Å². The van der Waals surface area contributed by atoms with Crippen molar-refractivity contribution in [2.45, 2.75) is 25.9 Å². The zero-order valence-corrected chi connectivity index (χ0v) is 19.3. The van der Waals surface area contributed by atoms with E-state index < -0.39 is 0 Å². The topological polar surface area (TPSA) is 79.8 Å². The fraction of sp³-hybridized carbons (Fsp3) is 0.160. The van der Waals surface area contributed by atoms with Gasteiger partial charge < -0.3 is 10.1 Å². The first-order valence-electron chi connectivity index (χ1n) is 10.3. The molecule has 0 radical (unpaired) electrons. The molecule has 0 aromatic heterocycles. The highest BCUT2D eigenvalue weighted by Crippen LogP contribution is 2.16. The number of amides is 2. The zero-order chi connectivity index (χ0) is 23.5. The second-order valence-corrected chi connectivity index (χ2v) is 8.11. The second-order valence-electron chi connectivity index (χ2n) is 7.19. The molecular weight excluding hydrogens is 489 g/mol. The van der Waals surface area contributed by atoms with Gasteiger partial charge >= 0.3 is 0 Å². The zero-order valence-electron chi connectivity index (χ0n) is 17.8. The van der Waals surface area contributed by atoms with Crippen LogP contribution in [0, 0.1) is 5.82 Å². The number of rotatable bonds is 10. The second kappa shape index (κ2) is 12.5. The summed E-state index contributed by atoms with van der Waals surface area (Å²) in [6.45, 7) is 0.338. The van der Waals surface area contributed by atoms with E-state index in [9.17, 15) is 14.0 Å². The van der Waals surface area contributed by atoms with E-state index in [1.807, 2.05) is 30.3 Å². The Labute approximate surface area is 200 Å². The van der Waals surface area contributed by atoms with Crippen LogP contribution in [0.25, 0.3) is 0 Å². The number of hydrogen-bond donors (Lipinski definition) is 2. The number of nitrogens with zero attached hydrogens (tertiary/aromatic N) is 1. The van der Waals surface area contributed by atoms with Crippen LogP contribution in [0.5, 0.6) is 5.75 Å². The number of hydrazone groups is 1. The third-order valence-electron chi connectivity index (χ3n) is 4.52. The van der Waals surface area contributed by atoms with Crippen molar-refractivity contribution in [3.05, 3.63) is 94.2 Å². The van der Waals surface area contributed by atoms with E-state index in [0.29, 0.717) is 24.5 Å². The van der Waals surface area contributed by atoms with E-state index in [1.165, 1.54) is 18.3 Å². The SMILES string of the molecule is O=C(CCCC(=O)Nc1cccc(Br)c1)N/N=C\c1ccc(OCc2ccc(F)cc2)cc1. The molecule has 2 N–H and O–H groups in total. The molecular formula is C25H23BrFN3O3. The Kier molecular flexibility index (Phi) is 9.14. The highest BCUT2D eigenvalue weighted by atomic mass is 79.9. The molecule has 0 heterocycles. The number of hydrogen-bond acceptors (Lipinski definition) is 4. The van der Waals surface area contributed by atoms with Crippen molar-refractivity contribution in [1.29, 1.82) is 0 Å². The summed E-state index contributed by atoms with van der Waals surface area (Å²) in [7, 11) is 0. The summed E-state index contributed by atoms with van der Waals surface area (Å²) < 4.78 is 19.5. The molecule has 0 saturated carbocycles. The Bertz CT molecular complexity index is 1100. The predicted octanol–water partition coefficient (Wildman–Crippen LogP) is 5.43. The Balaban J connectivity index is 1.34. The van der Waals surface area contributed by atoms with Gasteiger partial charge in [-0.3, -0.25) is 9.59 Å². The van der Waals surface area contributed by atoms with Crippen LogP contribution in [0.1, 0.15) is 30.4 Å². The molecule has 0 aliphatic rings. The smallest absolute Gasteiger partial charge is 0.240 e. The molecule has 3 rings (SSSR count). The third kappa shape index (κ3) is 8.86. The minimum atomic E-state index is -0.281. The summed E-state index contributed by atoms with van der Waals surface area (Å²) in [5.41, 5.74) is 4.82. The van der Waals surface area contributed by atoms with Crippen molar-refractivity contribution in [3.8, 4) is 5.75 Å². The van der Waals surface area contributed by atoms with Crippen LogP contribution in [0.3, 0.4) is 0 Å². The van der Waals surface area contributed by atoms with Crippen LogP contribution in [0.15, 0.2) is 82.4 Å². The van der Waals surface area contributed by atoms with Crippen molar-refractivity contribution in [1.82, 2.24) is 5.43 Å². The van der Waals surface area contributed by atoms with E-state index in [0.717, 1.165) is 15.6 Å². The molecule has 0 fully saturated rings. The van der Waals surface area contributed by atoms with Gasteiger partial charge in [0.25, 0.3) is 0 Å². The predicted molar refractivity (Wildman–Crippen MR) is 130 cm³/mol. The molecule has 33 heavy (non-hydrogen) atoms. The van der Waals surface area contributed by atoms with Gasteiger partial charge in [-0.15, -0.1) is 0 Å². The van der Waals surface area contributed by atoms with E-state index in [-0.39, 0.29) is 30.5 Å². The fourth-order valence-corrected chi connectivity index (χ4v) is 3.23. The summed E-state index contributed by atoms with van der Waals surface area (Å²) in [6.07, 6.45) is 2.38. The summed E-state index contributed by atoms with van der Waals surface area (Å²) in [5.74, 6) is -0.0230. The lowest BCUT2D eigenvalue weighted by Crippen LogP contribution is -2.18. The molecule has 0 aliphatic carbocycles. The number of anilines is 1. The molecule has 0 unspecified atom stereocenters. The maximum absolute atomic E-state index is 12.9. The van der Waals surface area contributed by atoms with Gasteiger partial charge in [0.2, 0.25) is 11.8 Å². The van der Waals surface area contributed by atoms with Crippen LogP contribution < -0.4 is 15.5 Å². The Morgan fingerprint density at radius 3 is 2.42 bits per heavy atom. The lowest BCUT2D eigenvalue weighted by atomic mass is 10.2. The molecule has 6 nitrogen and oxygen atoms in total. The van der Waals surface area contributed by atoms with Gasteiger partial charge in [0, 0.05) is 23.0 Å². The van der Waals surface area contributed by atoms with Crippen molar-refractivity contribution in [3.63, 3.8) is 0 Å². The highest BCUT2D eigenvalue weighted by Gasteiger charge is 2.06. The van der Waals surface area contributed by atoms with Crippen LogP contribution >= 0.6 is 15.9 Å². The average Bonchev–Trinajstić information content (AvgIpc) is 2.79. The number of nitrogens with one attached hydrogen (secondary N) is 2. The Morgan fingerprint density at radius 2 is 1.70 bits per heavy atom. The average molecular weight is 512 g/mol. The molecule has 0 bridgehead atoms. The fourth-order valence-electron chi connectivity index (χ4n) is 2.83. The molecule has 0 atom stereocenters. The molecule has 0 saturated heterocycles. The molecule has 0 aliphatic heterocycles. The van der Waals surface area contributed by atoms with E-state index in [1.54, 1.807) is 30.3 Å². The highest BCUT2D eigenvalue weighted by molar-refractivity contribution is 9.10. The van der Waals surface area contributed by atoms with Crippen molar-refractivity contribution >= 4 is 39.6 Å². The van der Waals surface area contributed by atoms with Gasteiger partial charge in [0.1, 0.15) is 18.2 Å². The Hall–Kier alpha value is -3.52. The van der Waals surface area contributed by atoms with Gasteiger partial charge in [0.15, 0.2) is 0 Å². The quantitative estimate of drug-likeness (QED) is 0.281. The molecule has 2 amide bonds. The minimum absolute atomic E-state index is 0.147. The van der Waals surface area contributed by atoms with Gasteiger partial charge in [-0.1, -0.05) is 34.1 Å². The van der Waals surface area contributed by atoms with Gasteiger partial charge in [-0.25, -0.2) is 9.82 Å². The first kappa shape index (κ1) is 24.1. The lowest BCUT2D eigenvalue weighted by molar-refractivity contribution is -0.121. The number of halogens is 2. The molecule has 170 valence electrons. The van der Waals surface area contributed by atoms with E-state index >= 15 is 0 Å². The standard InChI is InChI=1S/C25H23BrFN3O3/c26-20-3-1-4-22(15-20)29-24(31)5-2-6-25(32)30-28-16-18-9-13-23(14-10-18)33-17-19-7-11-21(27)12-8-19/h1,3-4,7-16H,2,5-6,17H2,(H,29,31)(H,30,32)/b28-16-. The van der Waals surface area contributed by atoms with Gasteiger partial charge in [0.05, 0.1) is 6.21 Å². The van der Waals surface area contributed by atoms with Crippen molar-refractivity contribution in [2.24, 2.45) is 5.10 Å². The normalized spacial score (nSPS) is 10.7. The summed E-state index contributed by atoms with van der Waals surface area (Å²) >= 11 is 3.35.